The van der Waals surface area contributed by atoms with Crippen molar-refractivity contribution in [3.05, 3.63) is 33.3 Å². The first kappa shape index (κ1) is 17.2. The van der Waals surface area contributed by atoms with E-state index < -0.39 is 16.3 Å². The molecule has 6 nitrogen and oxygen atoms in total. The normalized spacial score (nSPS) is 11.2. The molecule has 0 spiro atoms. The molecule has 0 heterocycles. The highest BCUT2D eigenvalue weighted by Crippen LogP contribution is 2.28. The van der Waals surface area contributed by atoms with Crippen molar-refractivity contribution in [3.8, 4) is 5.75 Å². The third kappa shape index (κ3) is 5.23. The van der Waals surface area contributed by atoms with Crippen LogP contribution in [0.25, 0.3) is 0 Å². The van der Waals surface area contributed by atoms with E-state index in [0.29, 0.717) is 25.2 Å². The summed E-state index contributed by atoms with van der Waals surface area (Å²) in [6, 6.07) is 4.19. The van der Waals surface area contributed by atoms with E-state index in [9.17, 15) is 14.9 Å². The molecule has 0 saturated heterocycles. The Kier molecular flexibility index (Phi) is 5.96. The van der Waals surface area contributed by atoms with Crippen LogP contribution < -0.4 is 4.74 Å². The summed E-state index contributed by atoms with van der Waals surface area (Å²) < 4.78 is 5.44. The molecule has 0 unspecified atom stereocenters. The van der Waals surface area contributed by atoms with Gasteiger partial charge in [-0.25, -0.2) is 0 Å². The largest absolute Gasteiger partial charge is 0.494 e. The summed E-state index contributed by atoms with van der Waals surface area (Å²) in [5.74, 6) is -0.353. The Balaban J connectivity index is 2.39. The van der Waals surface area contributed by atoms with Gasteiger partial charge < -0.3 is 9.84 Å². The van der Waals surface area contributed by atoms with Crippen LogP contribution in [0.1, 0.15) is 33.1 Å². The van der Waals surface area contributed by atoms with Crippen LogP contribution in [0.3, 0.4) is 0 Å². The summed E-state index contributed by atoms with van der Waals surface area (Å²) in [6.07, 6.45) is 1.98. The van der Waals surface area contributed by atoms with E-state index in [0.717, 1.165) is 6.42 Å². The molecule has 0 aliphatic carbocycles. The Morgan fingerprint density at radius 3 is 2.62 bits per heavy atom. The van der Waals surface area contributed by atoms with Gasteiger partial charge in [0.15, 0.2) is 0 Å². The molecule has 21 heavy (non-hydrogen) atoms. The second kappa shape index (κ2) is 7.26. The Hall–Kier alpha value is -1.82. The molecule has 0 atom stereocenters. The van der Waals surface area contributed by atoms with Crippen molar-refractivity contribution in [1.29, 1.82) is 0 Å². The van der Waals surface area contributed by atoms with Gasteiger partial charge in [0.2, 0.25) is 0 Å². The van der Waals surface area contributed by atoms with Crippen molar-refractivity contribution in [2.75, 3.05) is 6.61 Å². The van der Waals surface area contributed by atoms with Crippen molar-refractivity contribution in [3.63, 3.8) is 0 Å². The van der Waals surface area contributed by atoms with Crippen molar-refractivity contribution < 1.29 is 19.6 Å². The fraction of sp³-hybridized carbons (Fsp3) is 0.500. The zero-order chi connectivity index (χ0) is 16.0. The molecule has 0 radical (unpaired) electrons. The second-order valence-electron chi connectivity index (χ2n) is 5.36. The first-order valence-electron chi connectivity index (χ1n) is 6.54. The van der Waals surface area contributed by atoms with Crippen LogP contribution in [0, 0.1) is 15.5 Å². The summed E-state index contributed by atoms with van der Waals surface area (Å²) in [7, 11) is 0. The molecule has 116 valence electrons. The molecule has 1 rings (SSSR count). The maximum atomic E-state index is 10.9. The Morgan fingerprint density at radius 2 is 2.10 bits per heavy atom. The lowest BCUT2D eigenvalue weighted by Gasteiger charge is -2.18. The third-order valence-electron chi connectivity index (χ3n) is 3.16. The van der Waals surface area contributed by atoms with Gasteiger partial charge >= 0.3 is 5.97 Å². The standard InChI is InChI=1S/C14H18ClNO5/c1-14(2,13(17)18)7-3-4-8-21-10-5-6-12(16(19)20)11(15)9-10/h5-6,9H,3-4,7-8H2,1-2H3,(H,17,18). The monoisotopic (exact) mass is 315 g/mol. The summed E-state index contributed by atoms with van der Waals surface area (Å²) in [5.41, 5.74) is -0.899. The van der Waals surface area contributed by atoms with Crippen LogP contribution in [0.15, 0.2) is 18.2 Å². The Morgan fingerprint density at radius 1 is 1.43 bits per heavy atom. The number of unbranched alkanes of at least 4 members (excludes halogenated alkanes) is 1. The molecule has 1 aromatic rings. The number of ether oxygens (including phenoxy) is 1. The topological polar surface area (TPSA) is 89.7 Å². The van der Waals surface area contributed by atoms with Gasteiger partial charge in [0.1, 0.15) is 10.8 Å². The van der Waals surface area contributed by atoms with Gasteiger partial charge in [-0.2, -0.15) is 0 Å². The van der Waals surface area contributed by atoms with Gasteiger partial charge in [0.05, 0.1) is 16.9 Å². The van der Waals surface area contributed by atoms with Crippen molar-refractivity contribution >= 4 is 23.3 Å². The van der Waals surface area contributed by atoms with E-state index in [2.05, 4.69) is 0 Å². The van der Waals surface area contributed by atoms with E-state index >= 15 is 0 Å². The number of carbonyl (C=O) groups is 1. The van der Waals surface area contributed by atoms with E-state index in [1.54, 1.807) is 13.8 Å². The van der Waals surface area contributed by atoms with E-state index in [1.807, 2.05) is 0 Å². The van der Waals surface area contributed by atoms with Crippen LogP contribution in [-0.2, 0) is 4.79 Å². The van der Waals surface area contributed by atoms with E-state index in [4.69, 9.17) is 21.4 Å². The molecule has 0 saturated carbocycles. The summed E-state index contributed by atoms with van der Waals surface area (Å²) in [5, 5.41) is 19.6. The quantitative estimate of drug-likeness (QED) is 0.446. The minimum absolute atomic E-state index is 0.0320. The maximum absolute atomic E-state index is 10.9. The molecular weight excluding hydrogens is 298 g/mol. The molecular formula is C14H18ClNO5. The Labute approximate surface area is 127 Å². The SMILES string of the molecule is CC(C)(CCCCOc1ccc([N+](=O)[O-])c(Cl)c1)C(=O)O. The van der Waals surface area contributed by atoms with Crippen molar-refractivity contribution in [2.24, 2.45) is 5.41 Å². The smallest absolute Gasteiger partial charge is 0.309 e. The minimum atomic E-state index is -0.814. The average molecular weight is 316 g/mol. The van der Waals surface area contributed by atoms with Crippen LogP contribution >= 0.6 is 11.6 Å². The van der Waals surface area contributed by atoms with Gasteiger partial charge in [-0.15, -0.1) is 0 Å². The number of halogens is 1. The highest BCUT2D eigenvalue weighted by Gasteiger charge is 2.25. The molecule has 0 amide bonds. The number of aliphatic carboxylic acids is 1. The zero-order valence-corrected chi connectivity index (χ0v) is 12.7. The molecule has 0 aliphatic heterocycles. The molecule has 1 aromatic carbocycles. The molecule has 0 aliphatic rings. The first-order valence-corrected chi connectivity index (χ1v) is 6.92. The van der Waals surface area contributed by atoms with Crippen LogP contribution in [-0.4, -0.2) is 22.6 Å². The maximum Gasteiger partial charge on any atom is 0.309 e. The van der Waals surface area contributed by atoms with Crippen LogP contribution in [0.4, 0.5) is 5.69 Å². The Bertz CT molecular complexity index is 530. The number of carboxylic acids is 1. The highest BCUT2D eigenvalue weighted by molar-refractivity contribution is 6.32. The number of nitro benzene ring substituents is 1. The fourth-order valence-corrected chi connectivity index (χ4v) is 1.93. The van der Waals surface area contributed by atoms with Gasteiger partial charge in [0.25, 0.3) is 5.69 Å². The molecule has 0 fully saturated rings. The molecule has 0 bridgehead atoms. The lowest BCUT2D eigenvalue weighted by molar-refractivity contribution is -0.384. The molecule has 1 N–H and O–H groups in total. The van der Waals surface area contributed by atoms with E-state index in [1.165, 1.54) is 18.2 Å². The van der Waals surface area contributed by atoms with Gasteiger partial charge in [-0.3, -0.25) is 14.9 Å². The predicted octanol–water partition coefficient (Wildman–Crippen LogP) is 3.91. The van der Waals surface area contributed by atoms with Crippen molar-refractivity contribution in [1.82, 2.24) is 0 Å². The third-order valence-corrected chi connectivity index (χ3v) is 3.46. The van der Waals surface area contributed by atoms with Crippen LogP contribution in [0.2, 0.25) is 5.02 Å². The average Bonchev–Trinajstić information content (AvgIpc) is 2.37. The van der Waals surface area contributed by atoms with Crippen molar-refractivity contribution in [2.45, 2.75) is 33.1 Å². The minimum Gasteiger partial charge on any atom is -0.494 e. The van der Waals surface area contributed by atoms with Gasteiger partial charge in [-0.1, -0.05) is 11.6 Å². The second-order valence-corrected chi connectivity index (χ2v) is 5.77. The summed E-state index contributed by atoms with van der Waals surface area (Å²) in [6.45, 7) is 3.78. The number of nitrogens with zero attached hydrogens (tertiary/aromatic N) is 1. The first-order chi connectivity index (χ1) is 9.74. The molecule has 0 aromatic heterocycles. The number of hydrogen-bond donors (Lipinski definition) is 1. The fourth-order valence-electron chi connectivity index (χ4n) is 1.69. The number of hydrogen-bond acceptors (Lipinski definition) is 4. The van der Waals surface area contributed by atoms with Gasteiger partial charge in [-0.05, 0) is 39.2 Å². The zero-order valence-electron chi connectivity index (χ0n) is 12.0. The number of nitro groups is 1. The summed E-state index contributed by atoms with van der Waals surface area (Å²) in [4.78, 5) is 21.0. The van der Waals surface area contributed by atoms with Gasteiger partial charge in [0, 0.05) is 12.1 Å². The van der Waals surface area contributed by atoms with Crippen LogP contribution in [0.5, 0.6) is 5.75 Å². The number of carboxylic acid groups (broad SMARTS) is 1. The highest BCUT2D eigenvalue weighted by atomic mass is 35.5. The lowest BCUT2D eigenvalue weighted by atomic mass is 9.87. The number of rotatable bonds is 8. The summed E-state index contributed by atoms with van der Waals surface area (Å²) >= 11 is 5.77. The lowest BCUT2D eigenvalue weighted by Crippen LogP contribution is -2.23. The van der Waals surface area contributed by atoms with E-state index in [-0.39, 0.29) is 10.7 Å². The number of benzene rings is 1. The predicted molar refractivity (Wildman–Crippen MR) is 78.9 cm³/mol. The molecule has 7 heteroatoms.